The van der Waals surface area contributed by atoms with Gasteiger partial charge in [-0.1, -0.05) is 30.3 Å². The number of nitrogens with zero attached hydrogens (tertiary/aromatic N) is 2. The second-order valence-corrected chi connectivity index (χ2v) is 5.99. The second-order valence-electron chi connectivity index (χ2n) is 5.99. The van der Waals surface area contributed by atoms with Crippen molar-refractivity contribution in [2.45, 2.75) is 33.4 Å². The van der Waals surface area contributed by atoms with Gasteiger partial charge in [-0.2, -0.15) is 0 Å². The van der Waals surface area contributed by atoms with Crippen LogP contribution in [0.3, 0.4) is 0 Å². The van der Waals surface area contributed by atoms with Gasteiger partial charge in [0.1, 0.15) is 5.75 Å². The first kappa shape index (κ1) is 18.6. The Morgan fingerprint density at radius 1 is 1.16 bits per heavy atom. The number of Topliss-reactive ketones (excluding diaryl/α,β-unsaturated/α-hetero) is 1. The van der Waals surface area contributed by atoms with Gasteiger partial charge in [0.15, 0.2) is 5.78 Å². The highest BCUT2D eigenvalue weighted by Gasteiger charge is 2.18. The van der Waals surface area contributed by atoms with Crippen LogP contribution in [0.25, 0.3) is 0 Å². The molecule has 0 radical (unpaired) electrons. The molecule has 6 heteroatoms. The van der Waals surface area contributed by atoms with E-state index in [0.29, 0.717) is 30.9 Å². The van der Waals surface area contributed by atoms with E-state index in [1.54, 1.807) is 13.1 Å². The summed E-state index contributed by atoms with van der Waals surface area (Å²) >= 11 is 0. The van der Waals surface area contributed by atoms with Crippen LogP contribution >= 0.6 is 0 Å². The molecule has 2 aromatic rings. The van der Waals surface area contributed by atoms with Crippen molar-refractivity contribution in [1.29, 1.82) is 0 Å². The van der Waals surface area contributed by atoms with Crippen molar-refractivity contribution >= 4 is 11.8 Å². The van der Waals surface area contributed by atoms with Crippen molar-refractivity contribution in [3.8, 4) is 5.75 Å². The van der Waals surface area contributed by atoms with Crippen LogP contribution in [0.4, 0.5) is 0 Å². The highest BCUT2D eigenvalue weighted by molar-refractivity contribution is 5.98. The van der Waals surface area contributed by atoms with Gasteiger partial charge < -0.3 is 10.2 Å². The number of carboxylic acid groups (broad SMARTS) is 1. The van der Waals surface area contributed by atoms with Gasteiger partial charge in [0.05, 0.1) is 17.7 Å². The van der Waals surface area contributed by atoms with Crippen LogP contribution in [0.2, 0.25) is 0 Å². The molecule has 0 aliphatic heterocycles. The summed E-state index contributed by atoms with van der Waals surface area (Å²) in [5, 5.41) is 19.2. The average Bonchev–Trinajstić information content (AvgIpc) is 2.56. The number of carboxylic acids is 1. The lowest BCUT2D eigenvalue weighted by molar-refractivity contribution is -0.137. The molecule has 1 aromatic carbocycles. The van der Waals surface area contributed by atoms with Crippen LogP contribution in [0.1, 0.15) is 40.5 Å². The number of hydrogen-bond donors (Lipinski definition) is 2. The monoisotopic (exact) mass is 342 g/mol. The molecule has 0 amide bonds. The van der Waals surface area contributed by atoms with Gasteiger partial charge in [0.25, 0.3) is 0 Å². The van der Waals surface area contributed by atoms with Crippen molar-refractivity contribution < 1.29 is 19.8 Å². The number of rotatable bonds is 8. The Morgan fingerprint density at radius 3 is 2.44 bits per heavy atom. The summed E-state index contributed by atoms with van der Waals surface area (Å²) in [6.45, 7) is 4.24. The number of aromatic nitrogens is 1. The Bertz CT molecular complexity index is 760. The Morgan fingerprint density at radius 2 is 1.84 bits per heavy atom. The first-order valence-electron chi connectivity index (χ1n) is 8.05. The highest BCUT2D eigenvalue weighted by atomic mass is 16.4. The molecule has 1 heterocycles. The minimum Gasteiger partial charge on any atom is -0.505 e. The summed E-state index contributed by atoms with van der Waals surface area (Å²) in [6, 6.07) is 9.69. The maximum atomic E-state index is 11.9. The number of benzene rings is 1. The lowest BCUT2D eigenvalue weighted by atomic mass is 10.0. The zero-order valence-electron chi connectivity index (χ0n) is 14.4. The maximum Gasteiger partial charge on any atom is 0.304 e. The third kappa shape index (κ3) is 5.12. The molecule has 0 aliphatic rings. The van der Waals surface area contributed by atoms with E-state index < -0.39 is 5.97 Å². The number of pyridine rings is 1. The Hall–Kier alpha value is -2.73. The van der Waals surface area contributed by atoms with Gasteiger partial charge in [0, 0.05) is 25.8 Å². The number of carbonyl (C=O) groups excluding carboxylic acids is 1. The largest absolute Gasteiger partial charge is 0.505 e. The van der Waals surface area contributed by atoms with E-state index in [2.05, 4.69) is 4.98 Å². The Kier molecular flexibility index (Phi) is 6.25. The van der Waals surface area contributed by atoms with Gasteiger partial charge in [-0.05, 0) is 25.0 Å². The van der Waals surface area contributed by atoms with Gasteiger partial charge in [-0.25, -0.2) is 0 Å². The van der Waals surface area contributed by atoms with Crippen LogP contribution in [-0.2, 0) is 17.9 Å². The van der Waals surface area contributed by atoms with Crippen LogP contribution in [0.15, 0.2) is 36.5 Å². The van der Waals surface area contributed by atoms with Gasteiger partial charge in [-0.15, -0.1) is 0 Å². The predicted molar refractivity (Wildman–Crippen MR) is 93.5 cm³/mol. The maximum absolute atomic E-state index is 11.9. The fourth-order valence-electron chi connectivity index (χ4n) is 2.70. The summed E-state index contributed by atoms with van der Waals surface area (Å²) in [4.78, 5) is 29.0. The second kappa shape index (κ2) is 8.39. The number of ketones is 1. The van der Waals surface area contributed by atoms with Gasteiger partial charge >= 0.3 is 5.97 Å². The van der Waals surface area contributed by atoms with Gasteiger partial charge in [-0.3, -0.25) is 19.5 Å². The van der Waals surface area contributed by atoms with Crippen molar-refractivity contribution in [2.24, 2.45) is 0 Å². The normalized spacial score (nSPS) is 10.8. The minimum absolute atomic E-state index is 0.00644. The number of aryl methyl sites for hydroxylation is 1. The summed E-state index contributed by atoms with van der Waals surface area (Å²) < 4.78 is 0. The molecule has 0 spiro atoms. The van der Waals surface area contributed by atoms with Crippen molar-refractivity contribution in [2.75, 3.05) is 6.54 Å². The third-order valence-corrected chi connectivity index (χ3v) is 3.95. The number of hydrogen-bond acceptors (Lipinski definition) is 5. The molecule has 1 aromatic heterocycles. The standard InChI is InChI=1S/C19H22N2O4/c1-13-19(25)18(14(2)22)16(10-20-13)12-21(9-8-17(23)24)11-15-6-4-3-5-7-15/h3-7,10,25H,8-9,11-12H2,1-2H3,(H,23,24). The molecule has 132 valence electrons. The van der Waals surface area contributed by atoms with Crippen LogP contribution in [-0.4, -0.2) is 38.4 Å². The van der Waals surface area contributed by atoms with Crippen LogP contribution in [0.5, 0.6) is 5.75 Å². The number of carbonyl (C=O) groups is 2. The molecule has 0 aliphatic carbocycles. The van der Waals surface area contributed by atoms with E-state index in [9.17, 15) is 14.7 Å². The van der Waals surface area contributed by atoms with Crippen LogP contribution in [0, 0.1) is 6.92 Å². The summed E-state index contributed by atoms with van der Waals surface area (Å²) in [7, 11) is 0. The quantitative estimate of drug-likeness (QED) is 0.717. The average molecular weight is 342 g/mol. The van der Waals surface area contributed by atoms with E-state index in [0.717, 1.165) is 5.56 Å². The molecule has 0 unspecified atom stereocenters. The zero-order chi connectivity index (χ0) is 18.4. The lowest BCUT2D eigenvalue weighted by Crippen LogP contribution is -2.26. The predicted octanol–water partition coefficient (Wildman–Crippen LogP) is 2.78. The fourth-order valence-corrected chi connectivity index (χ4v) is 2.70. The van der Waals surface area contributed by atoms with E-state index in [1.165, 1.54) is 6.92 Å². The zero-order valence-corrected chi connectivity index (χ0v) is 14.4. The third-order valence-electron chi connectivity index (χ3n) is 3.95. The van der Waals surface area contributed by atoms with Gasteiger partial charge in [0.2, 0.25) is 0 Å². The molecule has 6 nitrogen and oxygen atoms in total. The van der Waals surface area contributed by atoms with Crippen LogP contribution < -0.4 is 0 Å². The molecular weight excluding hydrogens is 320 g/mol. The van der Waals surface area contributed by atoms with Crippen molar-refractivity contribution in [3.05, 3.63) is 58.9 Å². The molecular formula is C19H22N2O4. The molecule has 25 heavy (non-hydrogen) atoms. The highest BCUT2D eigenvalue weighted by Crippen LogP contribution is 2.25. The number of aromatic hydroxyl groups is 1. The minimum atomic E-state index is -0.880. The van der Waals surface area contributed by atoms with E-state index in [-0.39, 0.29) is 23.5 Å². The molecule has 0 saturated heterocycles. The Labute approximate surface area is 146 Å². The van der Waals surface area contributed by atoms with E-state index in [4.69, 9.17) is 5.11 Å². The van der Waals surface area contributed by atoms with E-state index in [1.807, 2.05) is 35.2 Å². The SMILES string of the molecule is CC(=O)c1c(CN(CCC(=O)O)Cc2ccccc2)cnc(C)c1O. The van der Waals surface area contributed by atoms with Crippen molar-refractivity contribution in [1.82, 2.24) is 9.88 Å². The topological polar surface area (TPSA) is 90.7 Å². The summed E-state index contributed by atoms with van der Waals surface area (Å²) in [5.41, 5.74) is 2.29. The van der Waals surface area contributed by atoms with E-state index >= 15 is 0 Å². The summed E-state index contributed by atoms with van der Waals surface area (Å²) in [5.74, 6) is -1.23. The molecule has 0 saturated carbocycles. The lowest BCUT2D eigenvalue weighted by Gasteiger charge is -2.23. The number of aliphatic carboxylic acids is 1. The smallest absolute Gasteiger partial charge is 0.304 e. The first-order valence-corrected chi connectivity index (χ1v) is 8.05. The first-order chi connectivity index (χ1) is 11.9. The Balaban J connectivity index is 2.28. The molecule has 0 fully saturated rings. The molecule has 2 rings (SSSR count). The molecule has 0 atom stereocenters. The molecule has 2 N–H and O–H groups in total. The fraction of sp³-hybridized carbons (Fsp3) is 0.316. The van der Waals surface area contributed by atoms with Crippen molar-refractivity contribution in [3.63, 3.8) is 0 Å². The summed E-state index contributed by atoms with van der Waals surface area (Å²) in [6.07, 6.45) is 1.57. The molecule has 0 bridgehead atoms.